The lowest BCUT2D eigenvalue weighted by molar-refractivity contribution is -0.139. The smallest absolute Gasteiger partial charge is 0.264 e. The highest BCUT2D eigenvalue weighted by atomic mass is 35.5. The molecule has 3 aromatic carbocycles. The molecule has 0 aliphatic heterocycles. The number of hydrogen-bond acceptors (Lipinski definition) is 4. The van der Waals surface area contributed by atoms with Crippen molar-refractivity contribution in [1.82, 2.24) is 10.2 Å². The Morgan fingerprint density at radius 2 is 1.51 bits per heavy atom. The van der Waals surface area contributed by atoms with Crippen LogP contribution in [0, 0.1) is 0 Å². The largest absolute Gasteiger partial charge is 0.352 e. The summed E-state index contributed by atoms with van der Waals surface area (Å²) in [4.78, 5) is 28.6. The first-order valence-corrected chi connectivity index (χ1v) is 15.8. The highest BCUT2D eigenvalue weighted by Gasteiger charge is 2.32. The topological polar surface area (TPSA) is 86.8 Å². The first-order chi connectivity index (χ1) is 19.3. The maximum Gasteiger partial charge on any atom is 0.264 e. The van der Waals surface area contributed by atoms with Gasteiger partial charge in [0.05, 0.1) is 20.6 Å². The van der Waals surface area contributed by atoms with Gasteiger partial charge in [-0.05, 0) is 73.7 Å². The van der Waals surface area contributed by atoms with Crippen molar-refractivity contribution in [2.24, 2.45) is 0 Å². The number of anilines is 1. The molecule has 220 valence electrons. The molecule has 0 bridgehead atoms. The van der Waals surface area contributed by atoms with Crippen molar-refractivity contribution in [2.75, 3.05) is 10.8 Å². The Balaban J connectivity index is 2.04. The van der Waals surface area contributed by atoms with Gasteiger partial charge in [-0.3, -0.25) is 13.9 Å². The second kappa shape index (κ2) is 14.2. The number of rotatable bonds is 12. The predicted molar refractivity (Wildman–Crippen MR) is 166 cm³/mol. The van der Waals surface area contributed by atoms with Crippen LogP contribution in [0.5, 0.6) is 0 Å². The van der Waals surface area contributed by atoms with Gasteiger partial charge in [0, 0.05) is 12.6 Å². The van der Waals surface area contributed by atoms with E-state index in [-0.39, 0.29) is 29.3 Å². The minimum Gasteiger partial charge on any atom is -0.352 e. The zero-order chi connectivity index (χ0) is 30.3. The van der Waals surface area contributed by atoms with Crippen LogP contribution in [-0.4, -0.2) is 43.8 Å². The molecular formula is C31H37Cl2N3O4S. The van der Waals surface area contributed by atoms with E-state index >= 15 is 0 Å². The molecule has 3 aromatic rings. The van der Waals surface area contributed by atoms with E-state index in [2.05, 4.69) is 5.32 Å². The Kier molecular flexibility index (Phi) is 11.2. The molecule has 0 saturated carbocycles. The summed E-state index contributed by atoms with van der Waals surface area (Å²) in [6.07, 6.45) is 0.717. The summed E-state index contributed by atoms with van der Waals surface area (Å²) in [7, 11) is -4.12. The molecule has 0 aliphatic carbocycles. The van der Waals surface area contributed by atoms with E-state index in [1.165, 1.54) is 17.0 Å². The third-order valence-corrected chi connectivity index (χ3v) is 9.49. The van der Waals surface area contributed by atoms with Crippen LogP contribution in [0.2, 0.25) is 10.0 Å². The van der Waals surface area contributed by atoms with Crippen LogP contribution in [0.3, 0.4) is 0 Å². The van der Waals surface area contributed by atoms with E-state index in [1.807, 2.05) is 39.8 Å². The molecule has 2 amide bonds. The molecule has 0 heterocycles. The summed E-state index contributed by atoms with van der Waals surface area (Å²) in [5.74, 6) is -0.641. The minimum atomic E-state index is -4.12. The third kappa shape index (κ3) is 8.24. The number of benzene rings is 3. The Morgan fingerprint density at radius 1 is 0.878 bits per heavy atom. The van der Waals surface area contributed by atoms with Crippen LogP contribution < -0.4 is 9.62 Å². The molecule has 0 radical (unpaired) electrons. The van der Waals surface area contributed by atoms with E-state index in [4.69, 9.17) is 23.2 Å². The second-order valence-corrected chi connectivity index (χ2v) is 13.0. The number of hydrogen-bond donors (Lipinski definition) is 1. The lowest BCUT2D eigenvalue weighted by Gasteiger charge is -2.32. The summed E-state index contributed by atoms with van der Waals surface area (Å²) in [5.41, 5.74) is 2.03. The van der Waals surface area contributed by atoms with Crippen molar-refractivity contribution < 1.29 is 18.0 Å². The van der Waals surface area contributed by atoms with Crippen molar-refractivity contribution in [3.05, 3.63) is 94.0 Å². The van der Waals surface area contributed by atoms with Gasteiger partial charge in [0.1, 0.15) is 12.6 Å². The van der Waals surface area contributed by atoms with Crippen LogP contribution in [0.1, 0.15) is 58.1 Å². The SMILES string of the molecule is CC[C@@H](C)NC(=O)[C@H](C)N(Cc1ccc(Cl)c(Cl)c1)C(=O)CN(c1ccc(C(C)C)cc1)S(=O)(=O)c1ccccc1. The standard InChI is InChI=1S/C31H37Cl2N3O4S/c1-6-22(4)34-31(38)23(5)35(19-24-12-17-28(32)29(33)18-24)30(37)20-36(26-15-13-25(14-16-26)21(2)3)41(39,40)27-10-8-7-9-11-27/h7-18,21-23H,6,19-20H2,1-5H3,(H,34,38)/t22-,23+/m1/s1. The normalized spacial score (nSPS) is 13.0. The number of carbonyl (C=O) groups is 2. The average molecular weight is 619 g/mol. The fourth-order valence-corrected chi connectivity index (χ4v) is 5.91. The Morgan fingerprint density at radius 3 is 2.07 bits per heavy atom. The maximum absolute atomic E-state index is 14.0. The third-order valence-electron chi connectivity index (χ3n) is 6.96. The quantitative estimate of drug-likeness (QED) is 0.247. The van der Waals surface area contributed by atoms with Crippen LogP contribution in [0.15, 0.2) is 77.7 Å². The highest BCUT2D eigenvalue weighted by molar-refractivity contribution is 7.92. The van der Waals surface area contributed by atoms with E-state index < -0.39 is 28.5 Å². The summed E-state index contributed by atoms with van der Waals surface area (Å²) < 4.78 is 28.9. The van der Waals surface area contributed by atoms with E-state index in [1.54, 1.807) is 55.5 Å². The van der Waals surface area contributed by atoms with Gasteiger partial charge in [-0.25, -0.2) is 8.42 Å². The first-order valence-electron chi connectivity index (χ1n) is 13.6. The van der Waals surface area contributed by atoms with Gasteiger partial charge in [0.25, 0.3) is 10.0 Å². The van der Waals surface area contributed by atoms with Gasteiger partial charge < -0.3 is 10.2 Å². The van der Waals surface area contributed by atoms with Crippen LogP contribution in [0.4, 0.5) is 5.69 Å². The van der Waals surface area contributed by atoms with E-state index in [9.17, 15) is 18.0 Å². The zero-order valence-corrected chi connectivity index (χ0v) is 26.3. The Hall–Kier alpha value is -3.07. The first kappa shape index (κ1) is 32.4. The van der Waals surface area contributed by atoms with Gasteiger partial charge >= 0.3 is 0 Å². The molecule has 0 spiro atoms. The fraction of sp³-hybridized carbons (Fsp3) is 0.355. The van der Waals surface area contributed by atoms with Crippen molar-refractivity contribution in [3.63, 3.8) is 0 Å². The molecule has 0 aliphatic rings. The molecule has 0 aromatic heterocycles. The summed E-state index contributed by atoms with van der Waals surface area (Å²) in [6.45, 7) is 9.06. The van der Waals surface area contributed by atoms with Gasteiger partial charge in [0.15, 0.2) is 0 Å². The number of amides is 2. The van der Waals surface area contributed by atoms with Crippen molar-refractivity contribution in [3.8, 4) is 0 Å². The van der Waals surface area contributed by atoms with Gasteiger partial charge in [-0.2, -0.15) is 0 Å². The molecule has 2 atom stereocenters. The molecule has 7 nitrogen and oxygen atoms in total. The molecule has 41 heavy (non-hydrogen) atoms. The maximum atomic E-state index is 14.0. The Bertz CT molecular complexity index is 1450. The average Bonchev–Trinajstić information content (AvgIpc) is 2.96. The number of halogens is 2. The van der Waals surface area contributed by atoms with Gasteiger partial charge in [0.2, 0.25) is 11.8 Å². The lowest BCUT2D eigenvalue weighted by atomic mass is 10.0. The molecule has 1 N–H and O–H groups in total. The van der Waals surface area contributed by atoms with E-state index in [0.717, 1.165) is 9.87 Å². The molecule has 3 rings (SSSR count). The van der Waals surface area contributed by atoms with Crippen molar-refractivity contribution >= 4 is 50.7 Å². The number of sulfonamides is 1. The lowest BCUT2D eigenvalue weighted by Crippen LogP contribution is -2.52. The summed E-state index contributed by atoms with van der Waals surface area (Å²) in [6, 6.07) is 19.1. The predicted octanol–water partition coefficient (Wildman–Crippen LogP) is 6.64. The summed E-state index contributed by atoms with van der Waals surface area (Å²) in [5, 5.41) is 3.59. The monoisotopic (exact) mass is 617 g/mol. The van der Waals surface area contributed by atoms with Crippen LogP contribution >= 0.6 is 23.2 Å². The van der Waals surface area contributed by atoms with Gasteiger partial charge in [-0.15, -0.1) is 0 Å². The van der Waals surface area contributed by atoms with Crippen molar-refractivity contribution in [2.45, 2.75) is 70.5 Å². The zero-order valence-electron chi connectivity index (χ0n) is 24.0. The summed E-state index contributed by atoms with van der Waals surface area (Å²) >= 11 is 12.3. The number of nitrogens with one attached hydrogen (secondary N) is 1. The fourth-order valence-electron chi connectivity index (χ4n) is 4.16. The van der Waals surface area contributed by atoms with E-state index in [0.29, 0.717) is 27.7 Å². The van der Waals surface area contributed by atoms with Gasteiger partial charge in [-0.1, -0.05) is 80.4 Å². The number of carbonyl (C=O) groups excluding carboxylic acids is 2. The Labute approximate surface area is 253 Å². The van der Waals surface area contributed by atoms with Crippen LogP contribution in [-0.2, 0) is 26.2 Å². The molecule has 10 heteroatoms. The molecule has 0 unspecified atom stereocenters. The molecule has 0 fully saturated rings. The highest BCUT2D eigenvalue weighted by Crippen LogP contribution is 2.27. The molecule has 0 saturated heterocycles. The minimum absolute atomic E-state index is 0.0241. The number of nitrogens with zero attached hydrogens (tertiary/aromatic N) is 2. The van der Waals surface area contributed by atoms with Crippen LogP contribution in [0.25, 0.3) is 0 Å². The molecular weight excluding hydrogens is 581 g/mol. The second-order valence-electron chi connectivity index (χ2n) is 10.3. The van der Waals surface area contributed by atoms with Crippen molar-refractivity contribution in [1.29, 1.82) is 0 Å².